The third-order valence-electron chi connectivity index (χ3n) is 0.354. The molecule has 0 aromatic rings. The van der Waals surface area contributed by atoms with Crippen LogP contribution in [0.1, 0.15) is 0 Å². The van der Waals surface area contributed by atoms with Gasteiger partial charge in [-0.15, -0.1) is 0 Å². The molecule has 0 aromatic carbocycles. The van der Waals surface area contributed by atoms with E-state index >= 15 is 0 Å². The Labute approximate surface area is 51.4 Å². The van der Waals surface area contributed by atoms with Crippen molar-refractivity contribution in [3.8, 4) is 0 Å². The van der Waals surface area contributed by atoms with Gasteiger partial charge in [0.1, 0.15) is 0 Å². The predicted molar refractivity (Wildman–Crippen MR) is 29.4 cm³/mol. The van der Waals surface area contributed by atoms with Crippen LogP contribution < -0.4 is 0 Å². The maximum atomic E-state index is 2.34. The molecule has 0 saturated carbocycles. The summed E-state index contributed by atoms with van der Waals surface area (Å²) in [7, 11) is -0.752. The van der Waals surface area contributed by atoms with Gasteiger partial charge < -0.3 is 0 Å². The summed E-state index contributed by atoms with van der Waals surface area (Å²) in [5.41, 5.74) is 0. The van der Waals surface area contributed by atoms with Gasteiger partial charge >= 0.3 is 51.1 Å². The minimum absolute atomic E-state index is 0.752. The number of rotatable bonds is 1. The van der Waals surface area contributed by atoms with Crippen molar-refractivity contribution in [2.24, 2.45) is 0 Å². The molecular weight excluding hydrogens is 172 g/mol. The summed E-state index contributed by atoms with van der Waals surface area (Å²) in [6, 6.07) is 0. The van der Waals surface area contributed by atoms with Crippen molar-refractivity contribution in [3.63, 3.8) is 0 Å². The first kappa shape index (κ1) is 6.78. The average Bonchev–Trinajstić information content (AvgIpc) is 1.35. The molecule has 0 heterocycles. The molecule has 6 heavy (non-hydrogen) atoms. The van der Waals surface area contributed by atoms with Crippen molar-refractivity contribution in [2.45, 2.75) is 19.6 Å². The molecule has 0 fully saturated rings. The Kier molecular flexibility index (Phi) is 2.46. The van der Waals surface area contributed by atoms with Gasteiger partial charge in [-0.05, 0) is 0 Å². The fourth-order valence-electron chi connectivity index (χ4n) is 0. The molecule has 0 aromatic heterocycles. The van der Waals surface area contributed by atoms with Crippen molar-refractivity contribution in [3.05, 3.63) is 0 Å². The topological polar surface area (TPSA) is 0 Å². The van der Waals surface area contributed by atoms with Crippen molar-refractivity contribution >= 4 is 12.1 Å². The quantitative estimate of drug-likeness (QED) is 0.535. The van der Waals surface area contributed by atoms with Gasteiger partial charge in [-0.25, -0.2) is 0 Å². The second-order valence-electron chi connectivity index (χ2n) is 2.48. The summed E-state index contributed by atoms with van der Waals surface area (Å²) in [5, 5.41) is 0. The first-order valence-corrected chi connectivity index (χ1v) is 6.76. The Morgan fingerprint density at radius 2 is 1.50 bits per heavy atom. The van der Waals surface area contributed by atoms with E-state index in [0.717, 1.165) is 0 Å². The van der Waals surface area contributed by atoms with Crippen LogP contribution in [0.5, 0.6) is 0 Å². The molecule has 0 amide bonds. The van der Waals surface area contributed by atoms with Gasteiger partial charge in [-0.2, -0.15) is 0 Å². The first-order valence-electron chi connectivity index (χ1n) is 2.02. The fourth-order valence-corrected chi connectivity index (χ4v) is 0. The molecule has 0 aliphatic heterocycles. The molecule has 0 nitrogen and oxygen atoms in total. The Morgan fingerprint density at radius 1 is 1.33 bits per heavy atom. The first-order chi connectivity index (χ1) is 2.56. The molecule has 0 radical (unpaired) electrons. The van der Waals surface area contributed by atoms with Crippen LogP contribution in [0.3, 0.4) is 0 Å². The summed E-state index contributed by atoms with van der Waals surface area (Å²) in [5.74, 6) is 0. The van der Waals surface area contributed by atoms with Crippen LogP contribution in [0.15, 0.2) is 0 Å². The van der Waals surface area contributed by atoms with Gasteiger partial charge in [-0.1, -0.05) is 0 Å². The van der Waals surface area contributed by atoms with Gasteiger partial charge in [0.25, 0.3) is 0 Å². The van der Waals surface area contributed by atoms with E-state index < -0.39 is 8.07 Å². The number of hydrogen-bond acceptors (Lipinski definition) is 0. The third kappa shape index (κ3) is 4.78. The van der Waals surface area contributed by atoms with E-state index in [1.54, 1.807) is 0 Å². The summed E-state index contributed by atoms with van der Waals surface area (Å²) < 4.78 is 2.34. The molecule has 36 valence electrons. The Bertz CT molecular complexity index is 53.1. The molecule has 0 bridgehead atoms. The summed E-state index contributed by atoms with van der Waals surface area (Å²) in [4.78, 5) is 0. The Morgan fingerprint density at radius 3 is 1.50 bits per heavy atom. The van der Waals surface area contributed by atoms with Crippen LogP contribution in [0.2, 0.25) is 19.6 Å². The molecule has 0 atom stereocenters. The van der Waals surface area contributed by atoms with Gasteiger partial charge in [0.05, 0.1) is 0 Å². The molecule has 0 aliphatic rings. The zero-order valence-corrected chi connectivity index (χ0v) is 7.49. The monoisotopic (exact) mass is 184 g/mol. The van der Waals surface area contributed by atoms with E-state index in [2.05, 4.69) is 43.0 Å². The van der Waals surface area contributed by atoms with Crippen LogP contribution in [-0.2, 0) is 19.4 Å². The van der Waals surface area contributed by atoms with Gasteiger partial charge in [0.15, 0.2) is 0 Å². The maximum absolute atomic E-state index is 2.34. The van der Waals surface area contributed by atoms with Crippen LogP contribution in [0.4, 0.5) is 0 Å². The standard InChI is InChI=1S/C4H10Si.Mo/c1-5(2,3)4;/h1H,2-4H3;. The van der Waals surface area contributed by atoms with Crippen LogP contribution in [0, 0.1) is 0 Å². The molecule has 0 rings (SSSR count). The van der Waals surface area contributed by atoms with Crippen molar-refractivity contribution in [1.29, 1.82) is 0 Å². The molecule has 0 spiro atoms. The average molecular weight is 182 g/mol. The van der Waals surface area contributed by atoms with E-state index in [1.807, 2.05) is 0 Å². The fraction of sp³-hybridized carbons (Fsp3) is 0.750. The van der Waals surface area contributed by atoms with E-state index in [9.17, 15) is 0 Å². The molecule has 2 heteroatoms. The Balaban J connectivity index is 3.45. The molecule has 0 unspecified atom stereocenters. The molecular formula is C4H10MoSi. The second kappa shape index (κ2) is 2.18. The van der Waals surface area contributed by atoms with Crippen LogP contribution in [-0.4, -0.2) is 12.1 Å². The van der Waals surface area contributed by atoms with Gasteiger partial charge in [0.2, 0.25) is 0 Å². The number of hydrogen-bond donors (Lipinski definition) is 0. The minimum atomic E-state index is -0.752. The van der Waals surface area contributed by atoms with Crippen molar-refractivity contribution in [1.82, 2.24) is 0 Å². The zero-order chi connectivity index (χ0) is 5.21. The van der Waals surface area contributed by atoms with E-state index in [1.165, 1.54) is 0 Å². The third-order valence-corrected chi connectivity index (χ3v) is 6.27. The zero-order valence-electron chi connectivity index (χ0n) is 4.49. The van der Waals surface area contributed by atoms with Crippen LogP contribution >= 0.6 is 0 Å². The van der Waals surface area contributed by atoms with E-state index in [4.69, 9.17) is 0 Å². The van der Waals surface area contributed by atoms with E-state index in [0.29, 0.717) is 0 Å². The summed E-state index contributed by atoms with van der Waals surface area (Å²) >= 11 is 2.08. The predicted octanol–water partition coefficient (Wildman–Crippen LogP) is 1.21. The van der Waals surface area contributed by atoms with Crippen molar-refractivity contribution in [2.75, 3.05) is 0 Å². The van der Waals surface area contributed by atoms with Crippen LogP contribution in [0.25, 0.3) is 0 Å². The summed E-state index contributed by atoms with van der Waals surface area (Å²) in [6.45, 7) is 6.99. The van der Waals surface area contributed by atoms with Gasteiger partial charge in [0, 0.05) is 0 Å². The molecule has 0 aliphatic carbocycles. The van der Waals surface area contributed by atoms with E-state index in [-0.39, 0.29) is 0 Å². The Hall–Kier alpha value is 0.775. The molecule has 0 N–H and O–H groups in total. The normalized spacial score (nSPS) is 11.2. The SMILES string of the molecule is C[Si](C)(C)[CH]=[Mo]. The summed E-state index contributed by atoms with van der Waals surface area (Å²) in [6.07, 6.45) is 0. The van der Waals surface area contributed by atoms with Gasteiger partial charge in [-0.3, -0.25) is 0 Å². The second-order valence-corrected chi connectivity index (χ2v) is 9.19. The molecule has 0 saturated heterocycles. The van der Waals surface area contributed by atoms with Crippen molar-refractivity contribution < 1.29 is 19.4 Å².